The van der Waals surface area contributed by atoms with Gasteiger partial charge >= 0.3 is 6.09 Å². The average molecular weight is 1430 g/mol. The molecule has 4 fully saturated rings. The zero-order valence-electron chi connectivity index (χ0n) is 54.6. The Labute approximate surface area is 590 Å². The number of aliphatic hydroxyl groups excluding tert-OH is 1. The second-order valence-corrected chi connectivity index (χ2v) is 28.9. The lowest BCUT2D eigenvalue weighted by Crippen LogP contribution is -2.62. The molecule has 4 saturated carbocycles. The van der Waals surface area contributed by atoms with Crippen molar-refractivity contribution in [1.29, 1.82) is 0 Å². The maximum atomic E-state index is 16.1. The number of halogens is 2. The molecular weight excluding hydrogens is 1360 g/mol. The van der Waals surface area contributed by atoms with Gasteiger partial charge in [-0.3, -0.25) is 33.6 Å². The van der Waals surface area contributed by atoms with E-state index >= 15 is 28.8 Å². The Bertz CT molecular complexity index is 4680. The van der Waals surface area contributed by atoms with Crippen molar-refractivity contribution in [3.8, 4) is 80.1 Å². The number of phenols is 6. The van der Waals surface area contributed by atoms with Gasteiger partial charge in [0.15, 0.2) is 23.0 Å². The van der Waals surface area contributed by atoms with E-state index in [9.17, 15) is 45.3 Å². The number of alkyl carbamates (subject to hydrolysis) is 1. The lowest BCUT2D eigenvalue weighted by Gasteiger charge is -2.57. The van der Waals surface area contributed by atoms with Crippen LogP contribution >= 0.6 is 23.2 Å². The molecule has 8 unspecified atom stereocenters. The summed E-state index contributed by atoms with van der Waals surface area (Å²) in [4.78, 5) is 122. The molecule has 0 spiro atoms. The van der Waals surface area contributed by atoms with Crippen LogP contribution in [0.4, 0.5) is 4.79 Å². The summed E-state index contributed by atoms with van der Waals surface area (Å²) in [5.41, 5.74) is -3.30. The summed E-state index contributed by atoms with van der Waals surface area (Å²) >= 11 is 14.0. The van der Waals surface area contributed by atoms with Crippen LogP contribution in [0.25, 0.3) is 11.1 Å². The highest BCUT2D eigenvalue weighted by Crippen LogP contribution is 2.56. The van der Waals surface area contributed by atoms with Crippen LogP contribution in [0.1, 0.15) is 135 Å². The summed E-state index contributed by atoms with van der Waals surface area (Å²) in [6, 6.07) is 8.93. The lowest BCUT2D eigenvalue weighted by molar-refractivity contribution is -0.138. The van der Waals surface area contributed by atoms with Gasteiger partial charge in [0.25, 0.3) is 0 Å². The van der Waals surface area contributed by atoms with E-state index in [1.807, 2.05) is 0 Å². The number of benzene rings is 7. The number of carbonyl (C=O) groups is 8. The highest BCUT2D eigenvalue weighted by Gasteiger charge is 2.53. The summed E-state index contributed by atoms with van der Waals surface area (Å²) in [5, 5.41) is 104. The molecule has 17 rings (SSSR count). The van der Waals surface area contributed by atoms with E-state index in [1.54, 1.807) is 20.8 Å². The van der Waals surface area contributed by atoms with Gasteiger partial charge in [-0.1, -0.05) is 47.5 Å². The Morgan fingerprint density at radius 2 is 1.10 bits per heavy atom. The second-order valence-electron chi connectivity index (χ2n) is 28.0. The number of aromatic hydroxyl groups is 6. The van der Waals surface area contributed by atoms with E-state index in [1.165, 1.54) is 66.7 Å². The highest BCUT2D eigenvalue weighted by molar-refractivity contribution is 6.32. The third-order valence-electron chi connectivity index (χ3n) is 19.5. The van der Waals surface area contributed by atoms with Crippen molar-refractivity contribution in [2.24, 2.45) is 17.8 Å². The molecule has 528 valence electrons. The fraction of sp³-hybridized carbons (Fsp3) is 0.315. The van der Waals surface area contributed by atoms with Crippen molar-refractivity contribution < 1.29 is 93.0 Å². The number of nitrogens with one attached hydrogen (secondary N) is 8. The van der Waals surface area contributed by atoms with Gasteiger partial charge in [0.1, 0.15) is 94.2 Å². The van der Waals surface area contributed by atoms with Gasteiger partial charge in [-0.25, -0.2) is 4.79 Å². The van der Waals surface area contributed by atoms with Crippen LogP contribution in [-0.2, 0) is 44.7 Å². The average Bonchev–Trinajstić information content (AvgIpc) is 0.750. The summed E-state index contributed by atoms with van der Waals surface area (Å²) in [5.74, 6) is -12.7. The van der Waals surface area contributed by atoms with E-state index in [2.05, 4.69) is 42.5 Å². The molecule has 8 amide bonds. The Morgan fingerprint density at radius 1 is 0.529 bits per heavy atom. The summed E-state index contributed by atoms with van der Waals surface area (Å²) in [6.45, 7) is 4.75. The van der Waals surface area contributed by atoms with Crippen molar-refractivity contribution in [3.05, 3.63) is 164 Å². The maximum Gasteiger partial charge on any atom is 0.408 e. The first-order chi connectivity index (χ1) is 48.5. The first kappa shape index (κ1) is 68.0. The Hall–Kier alpha value is -11.2. The van der Waals surface area contributed by atoms with Gasteiger partial charge < -0.3 is 97.2 Å². The Morgan fingerprint density at radius 3 is 1.75 bits per heavy atom. The van der Waals surface area contributed by atoms with E-state index in [-0.39, 0.29) is 83.1 Å². The van der Waals surface area contributed by atoms with E-state index in [0.29, 0.717) is 37.0 Å². The van der Waals surface area contributed by atoms with E-state index in [4.69, 9.17) is 42.1 Å². The van der Waals surface area contributed by atoms with Crippen molar-refractivity contribution >= 4 is 70.6 Å². The number of fused-ring (bicyclic) bond motifs is 14. The molecule has 102 heavy (non-hydrogen) atoms. The highest BCUT2D eigenvalue weighted by atomic mass is 35.5. The monoisotopic (exact) mass is 1430 g/mol. The second kappa shape index (κ2) is 26.1. The smallest absolute Gasteiger partial charge is 0.408 e. The predicted octanol–water partition coefficient (Wildman–Crippen LogP) is 8.55. The summed E-state index contributed by atoms with van der Waals surface area (Å²) in [6.07, 6.45) is 1.39. The van der Waals surface area contributed by atoms with Crippen molar-refractivity contribution in [1.82, 2.24) is 42.5 Å². The number of aliphatic hydroxyl groups is 1. The molecule has 0 aromatic heterocycles. The Balaban J connectivity index is 0.934. The molecule has 0 radical (unpaired) electrons. The molecule has 15 N–H and O–H groups in total. The number of hydrogen-bond donors (Lipinski definition) is 15. The van der Waals surface area contributed by atoms with Gasteiger partial charge in [0, 0.05) is 35.2 Å². The molecule has 10 aliphatic rings. The fourth-order valence-electron chi connectivity index (χ4n) is 15.4. The van der Waals surface area contributed by atoms with Gasteiger partial charge in [0.2, 0.25) is 47.1 Å². The van der Waals surface area contributed by atoms with Crippen LogP contribution in [0, 0.1) is 17.8 Å². The van der Waals surface area contributed by atoms with Crippen molar-refractivity contribution in [2.45, 2.75) is 125 Å². The van der Waals surface area contributed by atoms with Crippen LogP contribution in [0.2, 0.25) is 10.0 Å². The van der Waals surface area contributed by atoms with Gasteiger partial charge in [-0.15, -0.1) is 0 Å². The first-order valence-electron chi connectivity index (χ1n) is 32.8. The largest absolute Gasteiger partial charge is 0.508 e. The standard InChI is InChI=1S/C73H68Cl2N8O19/c1-72(2,3)102-71(98)82-57-35-6-9-48(87)52(21-35)99-41-18-37(17-39(84)24-41)58-67(94)79-59-38-22-53(100-50-10-4-30(15-44(50)74)16-46(64(91)77-58)76-65(57)92)63(90)54(23-38)101-51-11-7-36(20-45(51)75)62(89)61-69(96)80-60(70(97)83-73-27-31-12-32(28-73)14-33(13-31)29-73)43-25-40(85)26-49(88)55(43)42-19-34(5-8-47(42)86)56(66(93)81-61)78-68(59)95/h4-11,15,17-26,31-33,46,56-62,84-90H,12-14,16,27-29H2,1-3H3,(H,76,92)(H,77,91)(H,78,95)(H,79,94)(H,80,96)(H,81,93)(H,82,98)(H,83,97). The van der Waals surface area contributed by atoms with Crippen LogP contribution in [0.3, 0.4) is 0 Å². The first-order valence-corrected chi connectivity index (χ1v) is 33.6. The number of ether oxygens (including phenoxy) is 4. The molecule has 6 heterocycles. The minimum Gasteiger partial charge on any atom is -0.508 e. The molecule has 29 heteroatoms. The lowest BCUT2D eigenvalue weighted by atomic mass is 9.53. The van der Waals surface area contributed by atoms with Crippen LogP contribution in [-0.4, -0.2) is 106 Å². The molecule has 7 aromatic rings. The molecule has 7 aromatic carbocycles. The minimum atomic E-state index is -2.19. The zero-order valence-corrected chi connectivity index (χ0v) is 56.1. The van der Waals surface area contributed by atoms with Crippen molar-refractivity contribution in [3.63, 3.8) is 0 Å². The number of rotatable bonds is 3. The van der Waals surface area contributed by atoms with Gasteiger partial charge in [-0.2, -0.15) is 0 Å². The topological polar surface area (TPSA) is 411 Å². The molecule has 8 atom stereocenters. The number of carbonyl (C=O) groups excluding carboxylic acids is 8. The van der Waals surface area contributed by atoms with E-state index < -0.39 is 159 Å². The SMILES string of the molecule is CC(C)(C)OC(=O)NC1C(=O)NC2Cc3ccc(c(Cl)c3)Oc3cc4cc(c3O)Oc3ccc(cc3Cl)C(O)C3NC(=O)C(NC(=O)C4NC(=O)C(NC2=O)c2cc(O)cc(c2)Oc2cc1ccc2O)c1ccc(O)c(c1)-c1c(O)cc(O)cc1C(C(=O)NC12CC4CC(CC(C4)C1)C2)NC3=O. The summed E-state index contributed by atoms with van der Waals surface area (Å²) in [7, 11) is 0. The summed E-state index contributed by atoms with van der Waals surface area (Å²) < 4.78 is 24.3. The van der Waals surface area contributed by atoms with Crippen LogP contribution in [0.5, 0.6) is 69.0 Å². The molecule has 21 bridgehead atoms. The minimum absolute atomic E-state index is 0.00185. The molecule has 6 aliphatic heterocycles. The zero-order chi connectivity index (χ0) is 72.1. The van der Waals surface area contributed by atoms with Crippen LogP contribution in [0.15, 0.2) is 115 Å². The van der Waals surface area contributed by atoms with Crippen molar-refractivity contribution in [2.75, 3.05) is 0 Å². The maximum absolute atomic E-state index is 16.1. The quantitative estimate of drug-likeness (QED) is 0.0787. The number of hydrogen-bond acceptors (Lipinski definition) is 19. The normalized spacial score (nSPS) is 25.8. The third-order valence-corrected chi connectivity index (χ3v) is 20.1. The molecule has 0 saturated heterocycles. The van der Waals surface area contributed by atoms with Gasteiger partial charge in [0.05, 0.1) is 10.0 Å². The third kappa shape index (κ3) is 13.4. The number of phenolic OH excluding ortho intramolecular Hbond substituents is 6. The van der Waals surface area contributed by atoms with Crippen LogP contribution < -0.4 is 56.7 Å². The Kier molecular flexibility index (Phi) is 17.4. The molecule has 4 aliphatic carbocycles. The van der Waals surface area contributed by atoms with E-state index in [0.717, 1.165) is 67.8 Å². The fourth-order valence-corrected chi connectivity index (χ4v) is 15.9. The molecule has 27 nitrogen and oxygen atoms in total. The predicted molar refractivity (Wildman–Crippen MR) is 362 cm³/mol. The number of amides is 8. The molecular formula is C73H68Cl2N8O19. The van der Waals surface area contributed by atoms with Gasteiger partial charge in [-0.05, 0) is 195 Å².